The average molecular weight is 459 g/mol. The van der Waals surface area contributed by atoms with Gasteiger partial charge in [0.05, 0.1) is 28.9 Å². The van der Waals surface area contributed by atoms with E-state index in [2.05, 4.69) is 10.6 Å². The van der Waals surface area contributed by atoms with Crippen LogP contribution in [0, 0.1) is 5.92 Å². The molecule has 2 N–H and O–H groups in total. The van der Waals surface area contributed by atoms with Crippen molar-refractivity contribution in [3.8, 4) is 0 Å². The van der Waals surface area contributed by atoms with Crippen molar-refractivity contribution < 1.29 is 23.9 Å². The summed E-state index contributed by atoms with van der Waals surface area (Å²) in [5.74, 6) is -1.15. The number of halogens is 1. The number of methoxy groups -OCH3 is 1. The molecular weight excluding hydrogens is 432 g/mol. The van der Waals surface area contributed by atoms with Gasteiger partial charge in [0.2, 0.25) is 5.91 Å². The molecule has 1 fully saturated rings. The number of esters is 1. The zero-order valence-corrected chi connectivity index (χ0v) is 19.1. The number of hydrogen-bond acceptors (Lipinski definition) is 5. The van der Waals surface area contributed by atoms with Crippen molar-refractivity contribution >= 4 is 35.1 Å². The number of anilines is 1. The zero-order chi connectivity index (χ0) is 23.3. The standard InChI is InChI=1S/C24H27ClN2O5/c1-24(2)13-16(8-9-32-24)21(28)26-14-15-10-17(23(30)31-3)12-18(11-15)27-22(29)19-6-4-5-7-20(19)25/h4-7,10-12,16H,8-9,13-14H2,1-3H3,(H,26,28)(H,27,29). The second-order valence-electron chi connectivity index (χ2n) is 8.36. The molecule has 1 aliphatic heterocycles. The number of nitrogens with one attached hydrogen (secondary N) is 2. The lowest BCUT2D eigenvalue weighted by atomic mass is 9.88. The van der Waals surface area contributed by atoms with Crippen LogP contribution < -0.4 is 10.6 Å². The first-order chi connectivity index (χ1) is 15.2. The number of carbonyl (C=O) groups excluding carboxylic acids is 3. The van der Waals surface area contributed by atoms with E-state index in [0.29, 0.717) is 41.3 Å². The van der Waals surface area contributed by atoms with E-state index in [-0.39, 0.29) is 29.5 Å². The molecule has 0 bridgehead atoms. The zero-order valence-electron chi connectivity index (χ0n) is 18.4. The Hall–Kier alpha value is -2.90. The molecule has 2 amide bonds. The van der Waals surface area contributed by atoms with E-state index in [4.69, 9.17) is 21.1 Å². The molecule has 2 aromatic rings. The third-order valence-corrected chi connectivity index (χ3v) is 5.65. The first kappa shape index (κ1) is 23.8. The molecule has 0 aromatic heterocycles. The lowest BCUT2D eigenvalue weighted by Crippen LogP contribution is -2.41. The Morgan fingerprint density at radius 1 is 1.19 bits per heavy atom. The van der Waals surface area contributed by atoms with Crippen molar-refractivity contribution in [1.82, 2.24) is 5.32 Å². The Balaban J connectivity index is 1.75. The first-order valence-electron chi connectivity index (χ1n) is 10.4. The first-order valence-corrected chi connectivity index (χ1v) is 10.8. The molecule has 0 spiro atoms. The van der Waals surface area contributed by atoms with Gasteiger partial charge >= 0.3 is 5.97 Å². The summed E-state index contributed by atoms with van der Waals surface area (Å²) in [7, 11) is 1.28. The van der Waals surface area contributed by atoms with Gasteiger partial charge in [-0.1, -0.05) is 23.7 Å². The van der Waals surface area contributed by atoms with Gasteiger partial charge in [-0.15, -0.1) is 0 Å². The second-order valence-corrected chi connectivity index (χ2v) is 8.77. The highest BCUT2D eigenvalue weighted by molar-refractivity contribution is 6.34. The normalized spacial score (nSPS) is 17.3. The van der Waals surface area contributed by atoms with Crippen LogP contribution in [0.3, 0.4) is 0 Å². The van der Waals surface area contributed by atoms with E-state index in [0.717, 1.165) is 0 Å². The fraction of sp³-hybridized carbons (Fsp3) is 0.375. The molecule has 1 atom stereocenters. The molecule has 3 rings (SSSR count). The number of benzene rings is 2. The topological polar surface area (TPSA) is 93.7 Å². The lowest BCUT2D eigenvalue weighted by molar-refractivity contribution is -0.135. The molecule has 170 valence electrons. The van der Waals surface area contributed by atoms with Crippen LogP contribution in [-0.4, -0.2) is 37.1 Å². The SMILES string of the molecule is COC(=O)c1cc(CNC(=O)C2CCOC(C)(C)C2)cc(NC(=O)c2ccccc2Cl)c1. The van der Waals surface area contributed by atoms with Gasteiger partial charge in [-0.25, -0.2) is 4.79 Å². The van der Waals surface area contributed by atoms with Crippen LogP contribution in [0.4, 0.5) is 5.69 Å². The average Bonchev–Trinajstić information content (AvgIpc) is 2.76. The highest BCUT2D eigenvalue weighted by atomic mass is 35.5. The Morgan fingerprint density at radius 2 is 1.94 bits per heavy atom. The summed E-state index contributed by atoms with van der Waals surface area (Å²) < 4.78 is 10.5. The van der Waals surface area contributed by atoms with Crippen molar-refractivity contribution in [3.63, 3.8) is 0 Å². The smallest absolute Gasteiger partial charge is 0.337 e. The maximum atomic E-state index is 12.7. The van der Waals surface area contributed by atoms with E-state index in [9.17, 15) is 14.4 Å². The van der Waals surface area contributed by atoms with Gasteiger partial charge in [-0.2, -0.15) is 0 Å². The summed E-state index contributed by atoms with van der Waals surface area (Å²) in [4.78, 5) is 37.4. The summed E-state index contributed by atoms with van der Waals surface area (Å²) in [5, 5.41) is 6.01. The minimum atomic E-state index is -0.544. The fourth-order valence-electron chi connectivity index (χ4n) is 3.73. The predicted molar refractivity (Wildman–Crippen MR) is 122 cm³/mol. The van der Waals surface area contributed by atoms with Crippen LogP contribution in [-0.2, 0) is 20.8 Å². The quantitative estimate of drug-likeness (QED) is 0.633. The van der Waals surface area contributed by atoms with Crippen molar-refractivity contribution in [2.75, 3.05) is 19.0 Å². The van der Waals surface area contributed by atoms with Crippen LogP contribution in [0.1, 0.15) is 53.0 Å². The molecular formula is C24H27ClN2O5. The van der Waals surface area contributed by atoms with Gasteiger partial charge in [0.1, 0.15) is 0 Å². The highest BCUT2D eigenvalue weighted by Crippen LogP contribution is 2.28. The molecule has 8 heteroatoms. The third-order valence-electron chi connectivity index (χ3n) is 5.32. The summed E-state index contributed by atoms with van der Waals surface area (Å²) in [5.41, 5.74) is 1.30. The van der Waals surface area contributed by atoms with E-state index < -0.39 is 11.9 Å². The third kappa shape index (κ3) is 6.08. The van der Waals surface area contributed by atoms with Gasteiger partial charge in [0.15, 0.2) is 0 Å². The number of rotatable bonds is 6. The number of amides is 2. The summed E-state index contributed by atoms with van der Waals surface area (Å²) in [6.45, 7) is 4.69. The molecule has 1 unspecified atom stereocenters. The van der Waals surface area contributed by atoms with E-state index in [1.807, 2.05) is 13.8 Å². The molecule has 2 aromatic carbocycles. The Morgan fingerprint density at radius 3 is 2.62 bits per heavy atom. The lowest BCUT2D eigenvalue weighted by Gasteiger charge is -2.34. The van der Waals surface area contributed by atoms with Crippen molar-refractivity contribution in [3.05, 3.63) is 64.2 Å². The molecule has 7 nitrogen and oxygen atoms in total. The van der Waals surface area contributed by atoms with Crippen LogP contribution in [0.25, 0.3) is 0 Å². The predicted octanol–water partition coefficient (Wildman–Crippen LogP) is 4.20. The molecule has 32 heavy (non-hydrogen) atoms. The van der Waals surface area contributed by atoms with Gasteiger partial charge in [-0.3, -0.25) is 9.59 Å². The monoisotopic (exact) mass is 458 g/mol. The minimum Gasteiger partial charge on any atom is -0.465 e. The van der Waals surface area contributed by atoms with Crippen LogP contribution in [0.2, 0.25) is 5.02 Å². The maximum Gasteiger partial charge on any atom is 0.337 e. The fourth-order valence-corrected chi connectivity index (χ4v) is 3.96. The van der Waals surface area contributed by atoms with Crippen LogP contribution >= 0.6 is 11.6 Å². The number of ether oxygens (including phenoxy) is 2. The Bertz CT molecular complexity index is 1020. The minimum absolute atomic E-state index is 0.0634. The van der Waals surface area contributed by atoms with E-state index in [1.54, 1.807) is 36.4 Å². The maximum absolute atomic E-state index is 12.7. The van der Waals surface area contributed by atoms with E-state index >= 15 is 0 Å². The number of carbonyl (C=O) groups is 3. The van der Waals surface area contributed by atoms with E-state index in [1.165, 1.54) is 13.2 Å². The molecule has 0 aliphatic carbocycles. The summed E-state index contributed by atoms with van der Waals surface area (Å²) in [6, 6.07) is 11.5. The molecule has 0 saturated carbocycles. The Kier molecular flexibility index (Phi) is 7.53. The Labute approximate surface area is 192 Å². The van der Waals surface area contributed by atoms with Gasteiger partial charge in [0.25, 0.3) is 5.91 Å². The highest BCUT2D eigenvalue weighted by Gasteiger charge is 2.32. The number of hydrogen-bond donors (Lipinski definition) is 2. The second kappa shape index (κ2) is 10.1. The van der Waals surface area contributed by atoms with Crippen LogP contribution in [0.5, 0.6) is 0 Å². The van der Waals surface area contributed by atoms with Crippen molar-refractivity contribution in [1.29, 1.82) is 0 Å². The molecule has 1 aliphatic rings. The van der Waals surface area contributed by atoms with Gasteiger partial charge < -0.3 is 20.1 Å². The largest absolute Gasteiger partial charge is 0.465 e. The molecule has 1 saturated heterocycles. The van der Waals surface area contributed by atoms with Crippen LogP contribution in [0.15, 0.2) is 42.5 Å². The van der Waals surface area contributed by atoms with Crippen molar-refractivity contribution in [2.45, 2.75) is 38.8 Å². The van der Waals surface area contributed by atoms with Crippen molar-refractivity contribution in [2.24, 2.45) is 5.92 Å². The van der Waals surface area contributed by atoms with Gasteiger partial charge in [-0.05, 0) is 62.6 Å². The summed E-state index contributed by atoms with van der Waals surface area (Å²) >= 11 is 6.11. The molecule has 1 heterocycles. The molecule has 0 radical (unpaired) electrons. The summed E-state index contributed by atoms with van der Waals surface area (Å²) in [6.07, 6.45) is 1.30. The van der Waals surface area contributed by atoms with Gasteiger partial charge in [0, 0.05) is 24.8 Å².